The number of nitrogens with zero attached hydrogens (tertiary/aromatic N) is 4. The lowest BCUT2D eigenvalue weighted by atomic mass is 10.2. The molecular weight excluding hydrogens is 349 g/mol. The molecule has 0 saturated heterocycles. The number of nitrogens with one attached hydrogen (secondary N) is 1. The summed E-state index contributed by atoms with van der Waals surface area (Å²) in [7, 11) is 0. The van der Waals surface area contributed by atoms with Crippen LogP contribution in [0.1, 0.15) is 5.89 Å². The van der Waals surface area contributed by atoms with E-state index in [4.69, 9.17) is 4.52 Å². The van der Waals surface area contributed by atoms with Crippen LogP contribution in [0, 0.1) is 26.0 Å². The maximum Gasteiger partial charge on any atom is 0.306 e. The van der Waals surface area contributed by atoms with Crippen molar-refractivity contribution in [2.45, 2.75) is 6.54 Å². The van der Waals surface area contributed by atoms with Gasteiger partial charge in [-0.15, -0.1) is 0 Å². The van der Waals surface area contributed by atoms with Crippen LogP contribution in [0.15, 0.2) is 47.0 Å². The third-order valence-corrected chi connectivity index (χ3v) is 3.37. The molecule has 0 atom stereocenters. The number of hydrogen-bond donors (Lipinski definition) is 1. The SMILES string of the molecule is O=[N+]([O-])c1cccc(-c2noc(CNc3ccc(F)c([N+](=O)[O-])c3)n2)c1. The molecule has 2 aromatic carbocycles. The van der Waals surface area contributed by atoms with Crippen molar-refractivity contribution in [3.63, 3.8) is 0 Å². The molecule has 0 fully saturated rings. The van der Waals surface area contributed by atoms with Crippen molar-refractivity contribution < 1.29 is 18.8 Å². The van der Waals surface area contributed by atoms with Crippen LogP contribution in [0.2, 0.25) is 0 Å². The minimum atomic E-state index is -0.939. The van der Waals surface area contributed by atoms with Gasteiger partial charge in [0.1, 0.15) is 0 Å². The number of hydrogen-bond acceptors (Lipinski definition) is 8. The molecule has 3 aromatic rings. The van der Waals surface area contributed by atoms with E-state index in [0.29, 0.717) is 11.3 Å². The van der Waals surface area contributed by atoms with E-state index >= 15 is 0 Å². The number of nitro benzene ring substituents is 2. The van der Waals surface area contributed by atoms with Gasteiger partial charge in [-0.2, -0.15) is 9.37 Å². The largest absolute Gasteiger partial charge is 0.376 e. The number of rotatable bonds is 6. The topological polar surface area (TPSA) is 137 Å². The molecule has 0 bridgehead atoms. The number of nitro groups is 2. The van der Waals surface area contributed by atoms with Crippen LogP contribution in [-0.2, 0) is 6.54 Å². The Bertz CT molecular complexity index is 990. The first-order chi connectivity index (χ1) is 12.4. The first-order valence-corrected chi connectivity index (χ1v) is 7.19. The quantitative estimate of drug-likeness (QED) is 0.522. The van der Waals surface area contributed by atoms with Gasteiger partial charge in [-0.3, -0.25) is 20.2 Å². The molecule has 1 heterocycles. The Morgan fingerprint density at radius 2 is 1.92 bits per heavy atom. The number of benzene rings is 2. The lowest BCUT2D eigenvalue weighted by molar-refractivity contribution is -0.387. The van der Waals surface area contributed by atoms with Crippen molar-refractivity contribution in [2.75, 3.05) is 5.32 Å². The highest BCUT2D eigenvalue weighted by molar-refractivity contribution is 5.58. The molecule has 0 aliphatic rings. The molecule has 26 heavy (non-hydrogen) atoms. The Balaban J connectivity index is 1.73. The molecule has 0 unspecified atom stereocenters. The maximum atomic E-state index is 13.3. The van der Waals surface area contributed by atoms with Crippen molar-refractivity contribution >= 4 is 17.1 Å². The highest BCUT2D eigenvalue weighted by Crippen LogP contribution is 2.23. The Labute approximate surface area is 144 Å². The molecule has 0 spiro atoms. The van der Waals surface area contributed by atoms with Gasteiger partial charge in [-0.1, -0.05) is 17.3 Å². The van der Waals surface area contributed by atoms with Gasteiger partial charge in [0, 0.05) is 29.4 Å². The van der Waals surface area contributed by atoms with Gasteiger partial charge >= 0.3 is 5.69 Å². The third kappa shape index (κ3) is 3.61. The summed E-state index contributed by atoms with van der Waals surface area (Å²) >= 11 is 0. The fraction of sp³-hybridized carbons (Fsp3) is 0.0667. The van der Waals surface area contributed by atoms with E-state index in [1.165, 1.54) is 24.3 Å². The second-order valence-electron chi connectivity index (χ2n) is 5.10. The number of non-ortho nitro benzene ring substituents is 1. The number of anilines is 1. The average molecular weight is 359 g/mol. The van der Waals surface area contributed by atoms with E-state index in [2.05, 4.69) is 15.5 Å². The average Bonchev–Trinajstić information content (AvgIpc) is 3.10. The summed E-state index contributed by atoms with van der Waals surface area (Å²) in [6.07, 6.45) is 0. The normalized spacial score (nSPS) is 10.5. The van der Waals surface area contributed by atoms with Crippen molar-refractivity contribution in [1.29, 1.82) is 0 Å². The zero-order valence-corrected chi connectivity index (χ0v) is 13.0. The lowest BCUT2D eigenvalue weighted by Crippen LogP contribution is -2.01. The predicted octanol–water partition coefficient (Wildman–Crippen LogP) is 3.30. The van der Waals surface area contributed by atoms with Crippen molar-refractivity contribution in [3.8, 4) is 11.4 Å². The Hall–Kier alpha value is -3.89. The van der Waals surface area contributed by atoms with Crippen LogP contribution < -0.4 is 5.32 Å². The molecule has 0 aliphatic carbocycles. The molecule has 132 valence electrons. The van der Waals surface area contributed by atoms with Crippen LogP contribution in [0.5, 0.6) is 0 Å². The van der Waals surface area contributed by atoms with E-state index in [0.717, 1.165) is 12.1 Å². The highest BCUT2D eigenvalue weighted by Gasteiger charge is 2.15. The van der Waals surface area contributed by atoms with E-state index in [-0.39, 0.29) is 23.9 Å². The third-order valence-electron chi connectivity index (χ3n) is 3.37. The second kappa shape index (κ2) is 6.93. The Morgan fingerprint density at radius 1 is 1.12 bits per heavy atom. The number of aromatic nitrogens is 2. The zero-order chi connectivity index (χ0) is 18.7. The van der Waals surface area contributed by atoms with E-state index in [9.17, 15) is 24.6 Å². The van der Waals surface area contributed by atoms with Gasteiger partial charge in [0.2, 0.25) is 17.5 Å². The van der Waals surface area contributed by atoms with Crippen LogP contribution in [-0.4, -0.2) is 20.0 Å². The van der Waals surface area contributed by atoms with Gasteiger partial charge in [-0.25, -0.2) is 0 Å². The number of halogens is 1. The summed E-state index contributed by atoms with van der Waals surface area (Å²) in [4.78, 5) is 24.3. The minimum Gasteiger partial charge on any atom is -0.376 e. The Kier molecular flexibility index (Phi) is 4.51. The summed E-state index contributed by atoms with van der Waals surface area (Å²) in [5.41, 5.74) is -0.0526. The standard InChI is InChI=1S/C15H10FN5O5/c16-12-5-4-10(7-13(12)21(24)25)17-8-14-18-15(19-26-14)9-2-1-3-11(6-9)20(22)23/h1-7,17H,8H2. The van der Waals surface area contributed by atoms with Gasteiger partial charge in [0.25, 0.3) is 5.69 Å². The van der Waals surface area contributed by atoms with Gasteiger partial charge < -0.3 is 9.84 Å². The van der Waals surface area contributed by atoms with Crippen LogP contribution in [0.25, 0.3) is 11.4 Å². The molecule has 3 rings (SSSR count). The fourth-order valence-corrected chi connectivity index (χ4v) is 2.14. The van der Waals surface area contributed by atoms with Crippen LogP contribution in [0.4, 0.5) is 21.5 Å². The van der Waals surface area contributed by atoms with E-state index in [1.54, 1.807) is 6.07 Å². The molecule has 0 radical (unpaired) electrons. The highest BCUT2D eigenvalue weighted by atomic mass is 19.1. The summed E-state index contributed by atoms with van der Waals surface area (Å²) in [5, 5.41) is 28.1. The molecule has 0 saturated carbocycles. The zero-order valence-electron chi connectivity index (χ0n) is 13.0. The van der Waals surface area contributed by atoms with Gasteiger partial charge in [-0.05, 0) is 12.1 Å². The monoisotopic (exact) mass is 359 g/mol. The van der Waals surface area contributed by atoms with Crippen molar-refractivity contribution in [2.24, 2.45) is 0 Å². The van der Waals surface area contributed by atoms with Crippen LogP contribution >= 0.6 is 0 Å². The van der Waals surface area contributed by atoms with Crippen molar-refractivity contribution in [3.05, 3.63) is 74.4 Å². The first-order valence-electron chi connectivity index (χ1n) is 7.19. The lowest BCUT2D eigenvalue weighted by Gasteiger charge is -2.03. The molecule has 11 heteroatoms. The minimum absolute atomic E-state index is 0.0325. The summed E-state index contributed by atoms with van der Waals surface area (Å²) in [5.74, 6) is -0.625. The molecular formula is C15H10FN5O5. The smallest absolute Gasteiger partial charge is 0.306 e. The van der Waals surface area contributed by atoms with E-state index in [1.807, 2.05) is 0 Å². The molecule has 1 N–H and O–H groups in total. The summed E-state index contributed by atoms with van der Waals surface area (Å²) < 4.78 is 18.3. The first kappa shape index (κ1) is 17.0. The summed E-state index contributed by atoms with van der Waals surface area (Å²) in [6, 6.07) is 9.10. The van der Waals surface area contributed by atoms with Gasteiger partial charge in [0.15, 0.2) is 0 Å². The molecule has 10 nitrogen and oxygen atoms in total. The van der Waals surface area contributed by atoms with Crippen LogP contribution in [0.3, 0.4) is 0 Å². The fourth-order valence-electron chi connectivity index (χ4n) is 2.14. The molecule has 0 aliphatic heterocycles. The van der Waals surface area contributed by atoms with Crippen molar-refractivity contribution in [1.82, 2.24) is 10.1 Å². The molecule has 0 amide bonds. The van der Waals surface area contributed by atoms with Gasteiger partial charge in [0.05, 0.1) is 16.4 Å². The summed E-state index contributed by atoms with van der Waals surface area (Å²) in [6.45, 7) is 0.0325. The second-order valence-corrected chi connectivity index (χ2v) is 5.10. The predicted molar refractivity (Wildman–Crippen MR) is 86.8 cm³/mol. The maximum absolute atomic E-state index is 13.3. The molecule has 1 aromatic heterocycles. The Morgan fingerprint density at radius 3 is 2.65 bits per heavy atom. The van der Waals surface area contributed by atoms with E-state index < -0.39 is 21.4 Å².